The molecule has 10 heteroatoms. The predicted molar refractivity (Wildman–Crippen MR) is 59.8 cm³/mol. The molecule has 110 valence electrons. The van der Waals surface area contributed by atoms with Crippen LogP contribution < -0.4 is 11.2 Å². The minimum atomic E-state index is -3.73. The highest BCUT2D eigenvalue weighted by Crippen LogP contribution is 2.37. The van der Waals surface area contributed by atoms with E-state index in [0.29, 0.717) is 10.8 Å². The van der Waals surface area contributed by atoms with Crippen molar-refractivity contribution in [3.05, 3.63) is 32.6 Å². The van der Waals surface area contributed by atoms with Gasteiger partial charge in [0.15, 0.2) is 12.5 Å². The number of hydrogen-bond donors (Lipinski definition) is 4. The van der Waals surface area contributed by atoms with Gasteiger partial charge in [0.05, 0.1) is 8.30 Å². The number of nitrogens with zero attached hydrogens (tertiary/aromatic N) is 1. The molecule has 1 aromatic heterocycles. The molecule has 4 N–H and O–H groups in total. The molecule has 0 saturated carbocycles. The molecule has 0 unspecified atom stereocenters. The van der Waals surface area contributed by atoms with Gasteiger partial charge in [0.25, 0.3) is 11.4 Å². The van der Waals surface area contributed by atoms with Crippen LogP contribution in [0.1, 0.15) is 19.3 Å². The van der Waals surface area contributed by atoms with E-state index in [1.165, 1.54) is 0 Å². The quantitative estimate of drug-likeness (QED) is 0.443. The summed E-state index contributed by atoms with van der Waals surface area (Å²) in [4.78, 5) is 35.3. The summed E-state index contributed by atoms with van der Waals surface area (Å²) < 4.78 is 33.0. The molecule has 20 heavy (non-hydrogen) atoms. The van der Waals surface area contributed by atoms with E-state index in [2.05, 4.69) is 4.74 Å². The fourth-order valence-electron chi connectivity index (χ4n) is 1.78. The lowest BCUT2D eigenvalue weighted by molar-refractivity contribution is -0.207. The molecular formula is C10H11FN2O7. The highest BCUT2D eigenvalue weighted by Gasteiger charge is 2.55. The first-order valence-corrected chi connectivity index (χ1v) is 5.29. The number of rotatable bonds is 3. The zero-order valence-corrected chi connectivity index (χ0v) is 9.69. The van der Waals surface area contributed by atoms with Crippen LogP contribution in [0.25, 0.3) is 0 Å². The van der Waals surface area contributed by atoms with Gasteiger partial charge >= 0.3 is 5.69 Å². The van der Waals surface area contributed by atoms with E-state index < -0.39 is 47.7 Å². The number of ether oxygens (including phenoxy) is 1. The van der Waals surface area contributed by atoms with Crippen LogP contribution in [0.5, 0.6) is 0 Å². The van der Waals surface area contributed by atoms with Crippen LogP contribution in [0.4, 0.5) is 4.39 Å². The van der Waals surface area contributed by atoms with Gasteiger partial charge < -0.3 is 20.1 Å². The SMILES string of the molecule is [2H]C([2H])(O)[C@@]1(F)O[C@@H](n2cc(C=O)c(=O)[nH]c2=O)[C@H](O)[C@@H]1O. The number of aromatic nitrogens is 2. The number of carbonyl (C=O) groups excluding carboxylic acids is 1. The summed E-state index contributed by atoms with van der Waals surface area (Å²) >= 11 is 0. The maximum absolute atomic E-state index is 14.3. The summed E-state index contributed by atoms with van der Waals surface area (Å²) in [7, 11) is 0. The van der Waals surface area contributed by atoms with Gasteiger partial charge in [0.2, 0.25) is 0 Å². The molecule has 0 amide bonds. The Bertz CT molecular complexity index is 714. The Hall–Kier alpha value is -1.88. The largest absolute Gasteiger partial charge is 0.390 e. The van der Waals surface area contributed by atoms with Crippen LogP contribution in [0.2, 0.25) is 0 Å². The Morgan fingerprint density at radius 3 is 2.75 bits per heavy atom. The van der Waals surface area contributed by atoms with Gasteiger partial charge in [0, 0.05) is 6.20 Å². The number of aliphatic hydroxyl groups excluding tert-OH is 2. The summed E-state index contributed by atoms with van der Waals surface area (Å²) in [6.07, 6.45) is -5.94. The second kappa shape index (κ2) is 4.90. The Balaban J connectivity index is 2.54. The number of aldehydes is 1. The summed E-state index contributed by atoms with van der Waals surface area (Å²) in [6.45, 7) is -3.69. The van der Waals surface area contributed by atoms with Gasteiger partial charge in [-0.1, -0.05) is 0 Å². The second-order valence-corrected chi connectivity index (χ2v) is 4.07. The monoisotopic (exact) mass is 292 g/mol. The molecule has 1 fully saturated rings. The highest BCUT2D eigenvalue weighted by atomic mass is 19.2. The molecule has 1 aromatic rings. The maximum atomic E-state index is 14.3. The van der Waals surface area contributed by atoms with Crippen molar-refractivity contribution in [2.45, 2.75) is 24.3 Å². The molecule has 0 aliphatic carbocycles. The van der Waals surface area contributed by atoms with Crippen molar-refractivity contribution in [3.63, 3.8) is 0 Å². The second-order valence-electron chi connectivity index (χ2n) is 4.07. The van der Waals surface area contributed by atoms with Crippen molar-refractivity contribution in [1.29, 1.82) is 0 Å². The van der Waals surface area contributed by atoms with E-state index in [9.17, 15) is 29.0 Å². The van der Waals surface area contributed by atoms with Gasteiger partial charge in [-0.25, -0.2) is 9.18 Å². The summed E-state index contributed by atoms with van der Waals surface area (Å²) in [5.41, 5.74) is -2.78. The van der Waals surface area contributed by atoms with Gasteiger partial charge in [-0.15, -0.1) is 0 Å². The van der Waals surface area contributed by atoms with Gasteiger partial charge in [-0.3, -0.25) is 19.1 Å². The Morgan fingerprint density at radius 1 is 1.60 bits per heavy atom. The predicted octanol–water partition coefficient (Wildman–Crippen LogP) is -2.74. The third-order valence-corrected chi connectivity index (χ3v) is 2.84. The minimum Gasteiger partial charge on any atom is -0.390 e. The Labute approximate surface area is 112 Å². The topological polar surface area (TPSA) is 142 Å². The molecule has 1 aliphatic heterocycles. The molecule has 2 heterocycles. The molecule has 0 radical (unpaired) electrons. The normalized spacial score (nSPS) is 35.5. The van der Waals surface area contributed by atoms with E-state index in [4.69, 9.17) is 7.85 Å². The zero-order chi connectivity index (χ0) is 16.9. The van der Waals surface area contributed by atoms with E-state index in [1.54, 1.807) is 4.98 Å². The first-order chi connectivity index (χ1) is 10.0. The fraction of sp³-hybridized carbons (Fsp3) is 0.500. The van der Waals surface area contributed by atoms with Gasteiger partial charge in [-0.2, -0.15) is 0 Å². The van der Waals surface area contributed by atoms with Crippen molar-refractivity contribution in [1.82, 2.24) is 9.55 Å². The fourth-order valence-corrected chi connectivity index (χ4v) is 1.78. The van der Waals surface area contributed by atoms with Crippen LogP contribution >= 0.6 is 0 Å². The highest BCUT2D eigenvalue weighted by molar-refractivity contribution is 5.73. The van der Waals surface area contributed by atoms with Gasteiger partial charge in [0.1, 0.15) is 18.8 Å². The lowest BCUT2D eigenvalue weighted by Crippen LogP contribution is -2.42. The number of aliphatic hydroxyl groups is 3. The van der Waals surface area contributed by atoms with Crippen molar-refractivity contribution < 1.29 is 32.0 Å². The number of halogens is 1. The average molecular weight is 292 g/mol. The Kier molecular flexibility index (Phi) is 2.92. The van der Waals surface area contributed by atoms with E-state index in [1.807, 2.05) is 0 Å². The van der Waals surface area contributed by atoms with E-state index in [-0.39, 0.29) is 6.29 Å². The smallest absolute Gasteiger partial charge is 0.330 e. The van der Waals surface area contributed by atoms with Crippen LogP contribution in [0.3, 0.4) is 0 Å². The van der Waals surface area contributed by atoms with Crippen molar-refractivity contribution in [2.75, 3.05) is 6.56 Å². The lowest BCUT2D eigenvalue weighted by Gasteiger charge is -2.19. The minimum absolute atomic E-state index is 0.0839. The molecule has 0 bridgehead atoms. The van der Waals surface area contributed by atoms with Crippen molar-refractivity contribution >= 4 is 6.29 Å². The standard InChI is InChI=1S/C10H11FN2O7/c11-10(3-15)6(17)5(16)8(20-10)13-1-4(2-14)7(18)12-9(13)19/h1-2,5-6,8,15-17H,3H2,(H,12,18,19)/t5-,6+,8-,10-/m1/s1/i3D2. The average Bonchev–Trinajstić information content (AvgIpc) is 2.64. The molecule has 9 nitrogen and oxygen atoms in total. The first kappa shape index (κ1) is 11.9. The number of alkyl halides is 1. The molecule has 1 saturated heterocycles. The molecule has 2 rings (SSSR count). The van der Waals surface area contributed by atoms with Crippen LogP contribution in [0, 0.1) is 0 Å². The third-order valence-electron chi connectivity index (χ3n) is 2.84. The third kappa shape index (κ3) is 2.08. The van der Waals surface area contributed by atoms with Crippen LogP contribution in [-0.2, 0) is 4.74 Å². The molecule has 4 atom stereocenters. The molecule has 0 aromatic carbocycles. The number of carbonyl (C=O) groups is 1. The molecular weight excluding hydrogens is 279 g/mol. The first-order valence-electron chi connectivity index (χ1n) is 6.29. The number of aromatic amines is 1. The summed E-state index contributed by atoms with van der Waals surface area (Å²) in [6, 6.07) is 0. The summed E-state index contributed by atoms with van der Waals surface area (Å²) in [5.74, 6) is -3.73. The van der Waals surface area contributed by atoms with Gasteiger partial charge in [-0.05, 0) is 0 Å². The lowest BCUT2D eigenvalue weighted by atomic mass is 10.1. The van der Waals surface area contributed by atoms with Crippen molar-refractivity contribution in [3.8, 4) is 0 Å². The number of nitrogens with one attached hydrogen (secondary N) is 1. The number of hydrogen-bond acceptors (Lipinski definition) is 7. The van der Waals surface area contributed by atoms with Crippen molar-refractivity contribution in [2.24, 2.45) is 0 Å². The Morgan fingerprint density at radius 2 is 2.25 bits per heavy atom. The van der Waals surface area contributed by atoms with E-state index in [0.717, 1.165) is 0 Å². The van der Waals surface area contributed by atoms with Crippen LogP contribution in [0.15, 0.2) is 15.8 Å². The number of H-pyrrole nitrogens is 1. The maximum Gasteiger partial charge on any atom is 0.330 e. The van der Waals surface area contributed by atoms with E-state index >= 15 is 0 Å². The zero-order valence-electron chi connectivity index (χ0n) is 11.7. The molecule has 0 spiro atoms. The van der Waals surface area contributed by atoms with Crippen LogP contribution in [-0.4, -0.2) is 55.8 Å². The molecule has 1 aliphatic rings. The summed E-state index contributed by atoms with van der Waals surface area (Å²) in [5, 5.41) is 28.4.